The molecule has 50 heavy (non-hydrogen) atoms. The van der Waals surface area contributed by atoms with E-state index in [0.717, 1.165) is 22.3 Å². The Bertz CT molecular complexity index is 1690. The van der Waals surface area contributed by atoms with Gasteiger partial charge >= 0.3 is 0 Å². The maximum absolute atomic E-state index is 6.81. The first-order valence-corrected chi connectivity index (χ1v) is 16.8. The van der Waals surface area contributed by atoms with Crippen molar-refractivity contribution in [1.29, 1.82) is 0 Å². The molecule has 0 spiro atoms. The summed E-state index contributed by atoms with van der Waals surface area (Å²) in [5.74, 6) is 1.61. The largest absolute Gasteiger partial charge is 0.497 e. The van der Waals surface area contributed by atoms with Crippen molar-refractivity contribution in [3.63, 3.8) is 0 Å². The van der Waals surface area contributed by atoms with Crippen LogP contribution >= 0.6 is 0 Å². The predicted octanol–water partition coefficient (Wildman–Crippen LogP) is 7.78. The molecular weight excluding hydrogens is 632 g/mol. The van der Waals surface area contributed by atoms with E-state index < -0.39 is 30.7 Å². The lowest BCUT2D eigenvalue weighted by Gasteiger charge is -2.45. The highest BCUT2D eigenvalue weighted by Gasteiger charge is 2.50. The zero-order chi connectivity index (χ0) is 34.4. The molecule has 260 valence electrons. The molecule has 6 rings (SSSR count). The SMILES string of the molecule is COc1ccc(OC2O[C@H](COCc3ccccc3)[C@@H](OCc3ccccc3)[C@H](OCc3ccccc3)[C@H]2OCc2ccccc2)c(OC)c1. The van der Waals surface area contributed by atoms with Crippen LogP contribution < -0.4 is 14.2 Å². The summed E-state index contributed by atoms with van der Waals surface area (Å²) >= 11 is 0. The molecular formula is C42H44O8. The van der Waals surface area contributed by atoms with Gasteiger partial charge in [0.05, 0.1) is 47.3 Å². The first-order chi connectivity index (χ1) is 24.7. The number of rotatable bonds is 17. The van der Waals surface area contributed by atoms with Crippen LogP contribution in [0.2, 0.25) is 0 Å². The van der Waals surface area contributed by atoms with E-state index in [4.69, 9.17) is 37.9 Å². The number of ether oxygens (including phenoxy) is 8. The van der Waals surface area contributed by atoms with Gasteiger partial charge in [0.25, 0.3) is 0 Å². The molecule has 1 aliphatic heterocycles. The minimum Gasteiger partial charge on any atom is -0.497 e. The van der Waals surface area contributed by atoms with Crippen LogP contribution in [-0.2, 0) is 50.1 Å². The highest BCUT2D eigenvalue weighted by atomic mass is 16.7. The van der Waals surface area contributed by atoms with Crippen molar-refractivity contribution in [2.45, 2.75) is 57.1 Å². The lowest BCUT2D eigenvalue weighted by Crippen LogP contribution is -2.62. The fourth-order valence-corrected chi connectivity index (χ4v) is 5.84. The molecule has 5 aromatic rings. The molecule has 1 heterocycles. The molecule has 0 N–H and O–H groups in total. The van der Waals surface area contributed by atoms with Gasteiger partial charge in [-0.3, -0.25) is 0 Å². The van der Waals surface area contributed by atoms with Crippen molar-refractivity contribution in [3.8, 4) is 17.2 Å². The molecule has 0 bridgehead atoms. The first kappa shape index (κ1) is 35.1. The van der Waals surface area contributed by atoms with E-state index in [1.807, 2.05) is 127 Å². The Balaban J connectivity index is 1.35. The molecule has 0 amide bonds. The fourth-order valence-electron chi connectivity index (χ4n) is 5.84. The Morgan fingerprint density at radius 1 is 0.480 bits per heavy atom. The van der Waals surface area contributed by atoms with Crippen LogP contribution in [0.15, 0.2) is 140 Å². The second kappa shape index (κ2) is 18.3. The quantitative estimate of drug-likeness (QED) is 0.0989. The van der Waals surface area contributed by atoms with E-state index >= 15 is 0 Å². The lowest BCUT2D eigenvalue weighted by atomic mass is 9.97. The third kappa shape index (κ3) is 9.72. The Labute approximate surface area is 294 Å². The zero-order valence-electron chi connectivity index (χ0n) is 28.5. The summed E-state index contributed by atoms with van der Waals surface area (Å²) in [4.78, 5) is 0. The van der Waals surface area contributed by atoms with Crippen molar-refractivity contribution in [3.05, 3.63) is 162 Å². The molecule has 0 aromatic heterocycles. The fraction of sp³-hybridized carbons (Fsp3) is 0.286. The minimum atomic E-state index is -0.913. The monoisotopic (exact) mass is 676 g/mol. The number of hydrogen-bond acceptors (Lipinski definition) is 8. The second-order valence-electron chi connectivity index (χ2n) is 12.0. The number of benzene rings is 5. The topological polar surface area (TPSA) is 73.8 Å². The molecule has 0 radical (unpaired) electrons. The summed E-state index contributed by atoms with van der Waals surface area (Å²) in [6.45, 7) is 1.62. The smallest absolute Gasteiger partial charge is 0.229 e. The molecule has 1 fully saturated rings. The van der Waals surface area contributed by atoms with E-state index in [2.05, 4.69) is 0 Å². The summed E-state index contributed by atoms with van der Waals surface area (Å²) in [5.41, 5.74) is 4.11. The van der Waals surface area contributed by atoms with Gasteiger partial charge in [-0.2, -0.15) is 0 Å². The second-order valence-corrected chi connectivity index (χ2v) is 12.0. The van der Waals surface area contributed by atoms with E-state index in [9.17, 15) is 0 Å². The number of hydrogen-bond donors (Lipinski definition) is 0. The first-order valence-electron chi connectivity index (χ1n) is 16.8. The van der Waals surface area contributed by atoms with Crippen molar-refractivity contribution in [2.24, 2.45) is 0 Å². The van der Waals surface area contributed by atoms with Crippen molar-refractivity contribution < 1.29 is 37.9 Å². The third-order valence-corrected chi connectivity index (χ3v) is 8.45. The lowest BCUT2D eigenvalue weighted by molar-refractivity contribution is -0.310. The van der Waals surface area contributed by atoms with Gasteiger partial charge < -0.3 is 37.9 Å². The van der Waals surface area contributed by atoms with Gasteiger partial charge in [-0.1, -0.05) is 121 Å². The average Bonchev–Trinajstić information content (AvgIpc) is 3.18. The van der Waals surface area contributed by atoms with Crippen LogP contribution in [0.1, 0.15) is 22.3 Å². The molecule has 8 nitrogen and oxygen atoms in total. The van der Waals surface area contributed by atoms with Crippen LogP contribution in [0.25, 0.3) is 0 Å². The van der Waals surface area contributed by atoms with E-state index in [-0.39, 0.29) is 6.61 Å². The molecule has 5 aromatic carbocycles. The molecule has 8 heteroatoms. The van der Waals surface area contributed by atoms with Crippen LogP contribution in [-0.4, -0.2) is 51.5 Å². The van der Waals surface area contributed by atoms with Gasteiger partial charge in [-0.25, -0.2) is 0 Å². The third-order valence-electron chi connectivity index (χ3n) is 8.45. The summed E-state index contributed by atoms with van der Waals surface area (Å²) in [6.07, 6.45) is -3.39. The van der Waals surface area contributed by atoms with Gasteiger partial charge in [-0.15, -0.1) is 0 Å². The molecule has 0 aliphatic carbocycles. The molecule has 1 unspecified atom stereocenters. The van der Waals surface area contributed by atoms with E-state index in [0.29, 0.717) is 43.7 Å². The van der Waals surface area contributed by atoms with Gasteiger partial charge in [0.15, 0.2) is 11.5 Å². The zero-order valence-corrected chi connectivity index (χ0v) is 28.5. The number of methoxy groups -OCH3 is 2. The summed E-state index contributed by atoms with van der Waals surface area (Å²) in [7, 11) is 3.20. The van der Waals surface area contributed by atoms with E-state index in [1.165, 1.54) is 0 Å². The molecule has 1 aliphatic rings. The highest BCUT2D eigenvalue weighted by molar-refractivity contribution is 5.45. The van der Waals surface area contributed by atoms with Crippen LogP contribution in [0.5, 0.6) is 17.2 Å². The Kier molecular flexibility index (Phi) is 12.9. The Hall–Kier alpha value is -4.70. The average molecular weight is 677 g/mol. The van der Waals surface area contributed by atoms with Gasteiger partial charge in [-0.05, 0) is 34.4 Å². The summed E-state index contributed by atoms with van der Waals surface area (Å²) in [5, 5.41) is 0. The van der Waals surface area contributed by atoms with Crippen molar-refractivity contribution >= 4 is 0 Å². The van der Waals surface area contributed by atoms with Crippen LogP contribution in [0, 0.1) is 0 Å². The Morgan fingerprint density at radius 3 is 1.46 bits per heavy atom. The molecule has 5 atom stereocenters. The maximum atomic E-state index is 6.81. The van der Waals surface area contributed by atoms with Gasteiger partial charge in [0.2, 0.25) is 6.29 Å². The highest BCUT2D eigenvalue weighted by Crippen LogP contribution is 2.37. The van der Waals surface area contributed by atoms with Crippen LogP contribution in [0.3, 0.4) is 0 Å². The van der Waals surface area contributed by atoms with Crippen molar-refractivity contribution in [2.75, 3.05) is 20.8 Å². The summed E-state index contributed by atoms with van der Waals surface area (Å²) < 4.78 is 51.1. The normalized spacial score (nSPS) is 20.2. The maximum Gasteiger partial charge on any atom is 0.229 e. The molecule has 1 saturated heterocycles. The standard InChI is InChI=1S/C42H44O8/c1-43-35-23-24-36(37(25-35)44-2)49-42-41(48-29-34-21-13-6-14-22-34)40(47-28-33-19-11-5-12-20-33)39(46-27-32-17-9-4-10-18-32)38(50-42)30-45-26-31-15-7-3-8-16-31/h3-25,38-42H,26-30H2,1-2H3/t38-,39-,40+,41-,42?/m1/s1. The van der Waals surface area contributed by atoms with Gasteiger partial charge in [0.1, 0.15) is 30.2 Å². The minimum absolute atomic E-state index is 0.227. The summed E-state index contributed by atoms with van der Waals surface area (Å²) in [6, 6.07) is 45.6. The van der Waals surface area contributed by atoms with Crippen LogP contribution in [0.4, 0.5) is 0 Å². The van der Waals surface area contributed by atoms with Crippen molar-refractivity contribution in [1.82, 2.24) is 0 Å². The predicted molar refractivity (Wildman–Crippen MR) is 190 cm³/mol. The van der Waals surface area contributed by atoms with Gasteiger partial charge in [0, 0.05) is 6.07 Å². The Morgan fingerprint density at radius 2 is 0.960 bits per heavy atom. The van der Waals surface area contributed by atoms with E-state index in [1.54, 1.807) is 26.4 Å². The molecule has 0 saturated carbocycles.